The summed E-state index contributed by atoms with van der Waals surface area (Å²) in [4.78, 5) is 14.9. The predicted octanol–water partition coefficient (Wildman–Crippen LogP) is 6.06. The lowest BCUT2D eigenvalue weighted by atomic mass is 10.2. The molecular weight excluding hydrogens is 382 g/mol. The van der Waals surface area contributed by atoms with Gasteiger partial charge in [0.05, 0.1) is 0 Å². The molecule has 4 nitrogen and oxygen atoms in total. The van der Waals surface area contributed by atoms with Crippen molar-refractivity contribution in [3.8, 4) is 0 Å². The van der Waals surface area contributed by atoms with Crippen LogP contribution in [-0.2, 0) is 13.6 Å². The molecule has 0 N–H and O–H groups in total. The van der Waals surface area contributed by atoms with Gasteiger partial charge in [0.15, 0.2) is 8.32 Å². The van der Waals surface area contributed by atoms with Crippen molar-refractivity contribution in [2.45, 2.75) is 77.8 Å². The molecule has 0 unspecified atom stereocenters. The molecule has 0 radical (unpaired) electrons. The Morgan fingerprint density at radius 2 is 1.61 bits per heavy atom. The second-order valence-electron chi connectivity index (χ2n) is 8.19. The standard InChI is InChI=1S/C22H41NO3Si2/c1-7-18-25-27(5,6)19-14-17-23(21-15-12-11-13-16-21)20-22(24)26-28(8-2,9-3)10-4/h11-13,15-16H,7-10,14,17-20H2,1-6H3. The summed E-state index contributed by atoms with van der Waals surface area (Å²) in [7, 11) is -3.54. The van der Waals surface area contributed by atoms with Crippen molar-refractivity contribution in [3.63, 3.8) is 0 Å². The first-order chi connectivity index (χ1) is 13.3. The van der Waals surface area contributed by atoms with E-state index < -0.39 is 16.6 Å². The van der Waals surface area contributed by atoms with Crippen molar-refractivity contribution in [1.82, 2.24) is 0 Å². The minimum absolute atomic E-state index is 0.0696. The van der Waals surface area contributed by atoms with Crippen molar-refractivity contribution in [3.05, 3.63) is 30.3 Å². The SMILES string of the molecule is CCCO[Si](C)(C)CCCN(CC(=O)O[Si](CC)(CC)CC)c1ccccc1. The highest BCUT2D eigenvalue weighted by atomic mass is 28.4. The van der Waals surface area contributed by atoms with E-state index in [9.17, 15) is 4.79 Å². The zero-order valence-corrected chi connectivity index (χ0v) is 20.9. The summed E-state index contributed by atoms with van der Waals surface area (Å²) in [6, 6.07) is 14.3. The van der Waals surface area contributed by atoms with Crippen molar-refractivity contribution in [2.75, 3.05) is 24.6 Å². The lowest BCUT2D eigenvalue weighted by Crippen LogP contribution is -2.42. The maximum absolute atomic E-state index is 12.8. The van der Waals surface area contributed by atoms with E-state index in [2.05, 4.69) is 57.8 Å². The quantitative estimate of drug-likeness (QED) is 0.341. The van der Waals surface area contributed by atoms with E-state index in [4.69, 9.17) is 8.85 Å². The number of benzene rings is 1. The summed E-state index contributed by atoms with van der Waals surface area (Å²) >= 11 is 0. The average molecular weight is 424 g/mol. The number of anilines is 1. The van der Waals surface area contributed by atoms with Gasteiger partial charge in [0.2, 0.25) is 0 Å². The van der Waals surface area contributed by atoms with Crippen molar-refractivity contribution < 1.29 is 13.6 Å². The van der Waals surface area contributed by atoms with Gasteiger partial charge in [-0.05, 0) is 62.2 Å². The molecular formula is C22H41NO3Si2. The molecule has 1 aromatic rings. The van der Waals surface area contributed by atoms with Gasteiger partial charge in [-0.1, -0.05) is 45.9 Å². The molecule has 0 atom stereocenters. The van der Waals surface area contributed by atoms with Crippen LogP contribution >= 0.6 is 0 Å². The molecule has 0 saturated carbocycles. The largest absolute Gasteiger partial charge is 0.518 e. The topological polar surface area (TPSA) is 38.8 Å². The molecule has 0 spiro atoms. The maximum atomic E-state index is 12.8. The third-order valence-corrected chi connectivity index (χ3v) is 12.7. The fourth-order valence-corrected chi connectivity index (χ4v) is 7.87. The van der Waals surface area contributed by atoms with Gasteiger partial charge in [-0.2, -0.15) is 0 Å². The molecule has 0 amide bonds. The molecule has 0 heterocycles. The Kier molecular flexibility index (Phi) is 11.1. The Balaban J connectivity index is 2.75. The Labute approximate surface area is 174 Å². The van der Waals surface area contributed by atoms with Gasteiger partial charge in [-0.3, -0.25) is 4.79 Å². The smallest absolute Gasteiger partial charge is 0.312 e. The van der Waals surface area contributed by atoms with Gasteiger partial charge < -0.3 is 13.8 Å². The fraction of sp³-hybridized carbons (Fsp3) is 0.682. The lowest BCUT2D eigenvalue weighted by molar-refractivity contribution is -0.133. The Morgan fingerprint density at radius 1 is 1.00 bits per heavy atom. The highest BCUT2D eigenvalue weighted by Gasteiger charge is 2.33. The molecule has 0 aliphatic rings. The van der Waals surface area contributed by atoms with E-state index in [0.717, 1.165) is 55.9 Å². The van der Waals surface area contributed by atoms with Crippen molar-refractivity contribution >= 4 is 28.3 Å². The summed E-state index contributed by atoms with van der Waals surface area (Å²) in [5, 5.41) is 0. The maximum Gasteiger partial charge on any atom is 0.312 e. The molecule has 1 aromatic carbocycles. The molecule has 6 heteroatoms. The minimum Gasteiger partial charge on any atom is -0.518 e. The van der Waals surface area contributed by atoms with Crippen LogP contribution < -0.4 is 4.90 Å². The third-order valence-electron chi connectivity index (χ3n) is 5.61. The molecule has 1 rings (SSSR count). The monoisotopic (exact) mass is 423 g/mol. The number of carbonyl (C=O) groups is 1. The van der Waals surface area contributed by atoms with E-state index in [1.165, 1.54) is 0 Å². The van der Waals surface area contributed by atoms with Gasteiger partial charge in [0.25, 0.3) is 8.32 Å². The lowest BCUT2D eigenvalue weighted by Gasteiger charge is -2.31. The van der Waals surface area contributed by atoms with Crippen LogP contribution in [0.2, 0.25) is 37.3 Å². The van der Waals surface area contributed by atoms with Crippen molar-refractivity contribution in [2.24, 2.45) is 0 Å². The van der Waals surface area contributed by atoms with Gasteiger partial charge in [0.1, 0.15) is 6.54 Å². The van der Waals surface area contributed by atoms with E-state index in [-0.39, 0.29) is 5.97 Å². The van der Waals surface area contributed by atoms with Crippen LogP contribution in [0.1, 0.15) is 40.5 Å². The predicted molar refractivity (Wildman–Crippen MR) is 125 cm³/mol. The number of hydrogen-bond donors (Lipinski definition) is 0. The zero-order valence-electron chi connectivity index (χ0n) is 18.9. The second kappa shape index (κ2) is 12.4. The summed E-state index contributed by atoms with van der Waals surface area (Å²) in [6.07, 6.45) is 2.10. The van der Waals surface area contributed by atoms with Crippen LogP contribution in [-0.4, -0.2) is 42.3 Å². The Bertz CT molecular complexity index is 554. The van der Waals surface area contributed by atoms with Crippen LogP contribution in [0, 0.1) is 0 Å². The highest BCUT2D eigenvalue weighted by molar-refractivity contribution is 6.75. The molecule has 0 aromatic heterocycles. The summed E-state index contributed by atoms with van der Waals surface area (Å²) in [5.74, 6) is -0.0696. The Hall–Kier alpha value is -1.12. The van der Waals surface area contributed by atoms with E-state index in [1.807, 2.05) is 18.2 Å². The first-order valence-electron chi connectivity index (χ1n) is 11.0. The van der Waals surface area contributed by atoms with E-state index in [1.54, 1.807) is 0 Å². The van der Waals surface area contributed by atoms with Crippen LogP contribution in [0.3, 0.4) is 0 Å². The molecule has 0 aliphatic heterocycles. The van der Waals surface area contributed by atoms with Gasteiger partial charge >= 0.3 is 5.97 Å². The summed E-state index contributed by atoms with van der Waals surface area (Å²) in [6.45, 7) is 15.2. The molecule has 28 heavy (non-hydrogen) atoms. The van der Waals surface area contributed by atoms with Gasteiger partial charge in [-0.15, -0.1) is 0 Å². The normalized spacial score (nSPS) is 12.1. The second-order valence-corrected chi connectivity index (χ2v) is 17.2. The summed E-state index contributed by atoms with van der Waals surface area (Å²) in [5.41, 5.74) is 1.09. The van der Waals surface area contributed by atoms with Crippen LogP contribution in [0.5, 0.6) is 0 Å². The van der Waals surface area contributed by atoms with E-state index in [0.29, 0.717) is 6.54 Å². The number of para-hydroxylation sites is 1. The van der Waals surface area contributed by atoms with Crippen LogP contribution in [0.4, 0.5) is 5.69 Å². The average Bonchev–Trinajstić information content (AvgIpc) is 2.70. The minimum atomic E-state index is -1.91. The number of nitrogens with zero attached hydrogens (tertiary/aromatic N) is 1. The van der Waals surface area contributed by atoms with Crippen molar-refractivity contribution in [1.29, 1.82) is 0 Å². The molecule has 0 bridgehead atoms. The van der Waals surface area contributed by atoms with E-state index >= 15 is 0 Å². The van der Waals surface area contributed by atoms with Crippen LogP contribution in [0.25, 0.3) is 0 Å². The third kappa shape index (κ3) is 8.49. The molecule has 0 fully saturated rings. The first kappa shape index (κ1) is 24.9. The van der Waals surface area contributed by atoms with Gasteiger partial charge in [0, 0.05) is 18.8 Å². The summed E-state index contributed by atoms with van der Waals surface area (Å²) < 4.78 is 12.2. The number of rotatable bonds is 14. The van der Waals surface area contributed by atoms with Gasteiger partial charge in [-0.25, -0.2) is 0 Å². The number of carbonyl (C=O) groups excluding carboxylic acids is 1. The zero-order chi connectivity index (χ0) is 21.0. The fourth-order valence-electron chi connectivity index (χ4n) is 3.48. The highest BCUT2D eigenvalue weighted by Crippen LogP contribution is 2.23. The Morgan fingerprint density at radius 3 is 2.14 bits per heavy atom. The molecule has 0 saturated heterocycles. The van der Waals surface area contributed by atoms with Crippen LogP contribution in [0.15, 0.2) is 30.3 Å². The first-order valence-corrected chi connectivity index (χ1v) is 16.6. The number of hydrogen-bond acceptors (Lipinski definition) is 4. The molecule has 160 valence electrons. The molecule has 0 aliphatic carbocycles.